The number of esters is 1. The van der Waals surface area contributed by atoms with E-state index < -0.39 is 5.97 Å². The van der Waals surface area contributed by atoms with Crippen LogP contribution < -0.4 is 5.32 Å². The van der Waals surface area contributed by atoms with E-state index in [0.717, 1.165) is 12.8 Å². The van der Waals surface area contributed by atoms with Crippen LogP contribution in [0.5, 0.6) is 0 Å². The van der Waals surface area contributed by atoms with Gasteiger partial charge in [0.25, 0.3) is 5.91 Å². The lowest BCUT2D eigenvalue weighted by atomic mass is 10.2. The Labute approximate surface area is 108 Å². The summed E-state index contributed by atoms with van der Waals surface area (Å²) in [5.74, 6) is -0.811. The minimum Gasteiger partial charge on any atom is -0.452 e. The van der Waals surface area contributed by atoms with Crippen LogP contribution in [-0.4, -0.2) is 29.5 Å². The highest BCUT2D eigenvalue weighted by molar-refractivity contribution is 5.94. The van der Waals surface area contributed by atoms with E-state index >= 15 is 0 Å². The van der Waals surface area contributed by atoms with Crippen LogP contribution in [0.3, 0.4) is 0 Å². The number of fused-ring (bicyclic) bond motifs is 1. The fraction of sp³-hybridized carbons (Fsp3) is 0.308. The van der Waals surface area contributed by atoms with E-state index in [4.69, 9.17) is 9.15 Å². The van der Waals surface area contributed by atoms with E-state index in [1.165, 1.54) is 6.39 Å². The lowest BCUT2D eigenvalue weighted by Crippen LogP contribution is -2.30. The molecule has 0 radical (unpaired) electrons. The normalized spacial score (nSPS) is 14.3. The van der Waals surface area contributed by atoms with Gasteiger partial charge in [0.2, 0.25) is 0 Å². The maximum absolute atomic E-state index is 11.8. The van der Waals surface area contributed by atoms with Gasteiger partial charge < -0.3 is 14.5 Å². The number of nitrogens with zero attached hydrogens (tertiary/aromatic N) is 1. The van der Waals surface area contributed by atoms with Crippen molar-refractivity contribution in [3.05, 3.63) is 30.2 Å². The summed E-state index contributed by atoms with van der Waals surface area (Å²) < 4.78 is 10.0. The van der Waals surface area contributed by atoms with Gasteiger partial charge in [-0.3, -0.25) is 4.79 Å². The average molecular weight is 260 g/mol. The molecule has 6 heteroatoms. The van der Waals surface area contributed by atoms with Crippen LogP contribution in [-0.2, 0) is 9.53 Å². The van der Waals surface area contributed by atoms with Crippen LogP contribution in [0.2, 0.25) is 0 Å². The number of hydrogen-bond donors (Lipinski definition) is 1. The summed E-state index contributed by atoms with van der Waals surface area (Å²) >= 11 is 0. The molecular weight excluding hydrogens is 248 g/mol. The molecule has 1 aliphatic carbocycles. The molecule has 0 atom stereocenters. The van der Waals surface area contributed by atoms with Gasteiger partial charge in [-0.2, -0.15) is 0 Å². The Morgan fingerprint density at radius 3 is 3.05 bits per heavy atom. The second kappa shape index (κ2) is 4.72. The van der Waals surface area contributed by atoms with Gasteiger partial charge in [-0.25, -0.2) is 9.78 Å². The molecule has 2 aromatic rings. The highest BCUT2D eigenvalue weighted by Gasteiger charge is 2.23. The number of amides is 1. The average Bonchev–Trinajstić information content (AvgIpc) is 3.09. The molecule has 0 aliphatic heterocycles. The molecular formula is C13H12N2O4. The zero-order valence-corrected chi connectivity index (χ0v) is 10.1. The predicted octanol–water partition coefficient (Wildman–Crippen LogP) is 1.26. The number of benzene rings is 1. The van der Waals surface area contributed by atoms with Crippen LogP contribution >= 0.6 is 0 Å². The third-order valence-electron chi connectivity index (χ3n) is 2.84. The number of carbonyl (C=O) groups excluding carboxylic acids is 2. The van der Waals surface area contributed by atoms with Gasteiger partial charge in [0.15, 0.2) is 18.6 Å². The van der Waals surface area contributed by atoms with E-state index in [1.54, 1.807) is 18.2 Å². The minimum atomic E-state index is -0.546. The number of aromatic nitrogens is 1. The topological polar surface area (TPSA) is 81.4 Å². The first-order chi connectivity index (χ1) is 9.22. The first-order valence-electron chi connectivity index (χ1n) is 6.02. The van der Waals surface area contributed by atoms with Crippen molar-refractivity contribution in [2.24, 2.45) is 0 Å². The molecule has 0 saturated heterocycles. The van der Waals surface area contributed by atoms with Gasteiger partial charge >= 0.3 is 5.97 Å². The van der Waals surface area contributed by atoms with E-state index in [0.29, 0.717) is 16.7 Å². The molecule has 1 fully saturated rings. The molecule has 19 heavy (non-hydrogen) atoms. The van der Waals surface area contributed by atoms with Gasteiger partial charge in [0.1, 0.15) is 5.52 Å². The van der Waals surface area contributed by atoms with E-state index in [-0.39, 0.29) is 18.6 Å². The molecule has 1 amide bonds. The smallest absolute Gasteiger partial charge is 0.338 e. The summed E-state index contributed by atoms with van der Waals surface area (Å²) in [6.45, 7) is -0.258. The zero-order chi connectivity index (χ0) is 13.2. The SMILES string of the molecule is O=C(COC(=O)c1ccc2ocnc2c1)NC1CC1. The predicted molar refractivity (Wildman–Crippen MR) is 65.5 cm³/mol. The molecule has 1 saturated carbocycles. The summed E-state index contributed by atoms with van der Waals surface area (Å²) in [6, 6.07) is 5.05. The molecule has 1 aliphatic rings. The van der Waals surface area contributed by atoms with Gasteiger partial charge in [-0.05, 0) is 31.0 Å². The highest BCUT2D eigenvalue weighted by atomic mass is 16.5. The Morgan fingerprint density at radius 2 is 2.26 bits per heavy atom. The van der Waals surface area contributed by atoms with Crippen molar-refractivity contribution in [3.8, 4) is 0 Å². The molecule has 0 unspecified atom stereocenters. The van der Waals surface area contributed by atoms with Crippen LogP contribution in [0, 0.1) is 0 Å². The Hall–Kier alpha value is -2.37. The fourth-order valence-electron chi connectivity index (χ4n) is 1.70. The third kappa shape index (κ3) is 2.73. The largest absolute Gasteiger partial charge is 0.452 e. The van der Waals surface area contributed by atoms with Gasteiger partial charge in [-0.15, -0.1) is 0 Å². The Kier molecular flexibility index (Phi) is 2.91. The summed E-state index contributed by atoms with van der Waals surface area (Å²) in [5, 5.41) is 2.74. The van der Waals surface area contributed by atoms with Crippen molar-refractivity contribution in [2.75, 3.05) is 6.61 Å². The van der Waals surface area contributed by atoms with Crippen LogP contribution in [0.1, 0.15) is 23.2 Å². The van der Waals surface area contributed by atoms with Crippen molar-refractivity contribution in [1.29, 1.82) is 0 Å². The molecule has 0 spiro atoms. The molecule has 1 heterocycles. The molecule has 98 valence electrons. The molecule has 1 aromatic heterocycles. The fourth-order valence-corrected chi connectivity index (χ4v) is 1.70. The zero-order valence-electron chi connectivity index (χ0n) is 10.1. The minimum absolute atomic E-state index is 0.258. The van der Waals surface area contributed by atoms with Crippen molar-refractivity contribution in [1.82, 2.24) is 10.3 Å². The lowest BCUT2D eigenvalue weighted by molar-refractivity contribution is -0.124. The first-order valence-corrected chi connectivity index (χ1v) is 6.02. The molecule has 6 nitrogen and oxygen atoms in total. The highest BCUT2D eigenvalue weighted by Crippen LogP contribution is 2.18. The second-order valence-corrected chi connectivity index (χ2v) is 4.45. The van der Waals surface area contributed by atoms with Gasteiger partial charge in [0, 0.05) is 6.04 Å². The molecule has 0 bridgehead atoms. The molecule has 1 N–H and O–H groups in total. The molecule has 1 aromatic carbocycles. The summed E-state index contributed by atoms with van der Waals surface area (Å²) in [7, 11) is 0. The number of hydrogen-bond acceptors (Lipinski definition) is 5. The lowest BCUT2D eigenvalue weighted by Gasteiger charge is -2.05. The van der Waals surface area contributed by atoms with E-state index in [9.17, 15) is 9.59 Å². The number of ether oxygens (including phenoxy) is 1. The summed E-state index contributed by atoms with van der Waals surface area (Å²) in [6.07, 6.45) is 3.31. The van der Waals surface area contributed by atoms with Crippen molar-refractivity contribution < 1.29 is 18.7 Å². The van der Waals surface area contributed by atoms with Crippen molar-refractivity contribution in [3.63, 3.8) is 0 Å². The monoisotopic (exact) mass is 260 g/mol. The van der Waals surface area contributed by atoms with Gasteiger partial charge in [0.05, 0.1) is 5.56 Å². The van der Waals surface area contributed by atoms with Crippen LogP contribution in [0.15, 0.2) is 29.0 Å². The maximum atomic E-state index is 11.8. The molecule has 3 rings (SSSR count). The maximum Gasteiger partial charge on any atom is 0.338 e. The first kappa shape index (κ1) is 11.7. The second-order valence-electron chi connectivity index (χ2n) is 4.45. The summed E-state index contributed by atoms with van der Waals surface area (Å²) in [5.41, 5.74) is 1.53. The summed E-state index contributed by atoms with van der Waals surface area (Å²) in [4.78, 5) is 27.1. The number of rotatable bonds is 4. The van der Waals surface area contributed by atoms with Gasteiger partial charge in [-0.1, -0.05) is 0 Å². The van der Waals surface area contributed by atoms with E-state index in [1.807, 2.05) is 0 Å². The van der Waals surface area contributed by atoms with Crippen LogP contribution in [0.25, 0.3) is 11.1 Å². The Morgan fingerprint density at radius 1 is 1.42 bits per heavy atom. The number of oxazole rings is 1. The Bertz CT molecular complexity index is 630. The van der Waals surface area contributed by atoms with Crippen LogP contribution in [0.4, 0.5) is 0 Å². The Balaban J connectivity index is 1.60. The third-order valence-corrected chi connectivity index (χ3v) is 2.84. The van der Waals surface area contributed by atoms with Crippen molar-refractivity contribution in [2.45, 2.75) is 18.9 Å². The number of carbonyl (C=O) groups is 2. The number of nitrogens with one attached hydrogen (secondary N) is 1. The standard InChI is InChI=1S/C13H12N2O4/c16-12(15-9-2-3-9)6-18-13(17)8-1-4-11-10(5-8)14-7-19-11/h1,4-5,7,9H,2-3,6H2,(H,15,16). The van der Waals surface area contributed by atoms with Crippen molar-refractivity contribution >= 4 is 23.0 Å². The van der Waals surface area contributed by atoms with E-state index in [2.05, 4.69) is 10.3 Å². The quantitative estimate of drug-likeness (QED) is 0.837.